The molecule has 0 spiro atoms. The minimum absolute atomic E-state index is 0.0425. The number of piperidine rings is 1. The Hall–Kier alpha value is -2.32. The van der Waals surface area contributed by atoms with E-state index in [1.54, 1.807) is 31.4 Å². The summed E-state index contributed by atoms with van der Waals surface area (Å²) in [6.45, 7) is 3.62. The third kappa shape index (κ3) is 4.90. The van der Waals surface area contributed by atoms with Crippen molar-refractivity contribution in [3.8, 4) is 5.75 Å². The number of hydrogen-bond donors (Lipinski definition) is 2. The molecular formula is C19H27N3O5. The van der Waals surface area contributed by atoms with Crippen molar-refractivity contribution in [2.75, 3.05) is 46.5 Å². The van der Waals surface area contributed by atoms with Gasteiger partial charge in [0.25, 0.3) is 5.91 Å². The van der Waals surface area contributed by atoms with Crippen LogP contribution in [0.15, 0.2) is 24.3 Å². The third-order valence-electron chi connectivity index (χ3n) is 5.07. The molecule has 8 heteroatoms. The fourth-order valence-electron chi connectivity index (χ4n) is 3.39. The Morgan fingerprint density at radius 3 is 2.30 bits per heavy atom. The second-order valence-corrected chi connectivity index (χ2v) is 6.83. The molecule has 27 heavy (non-hydrogen) atoms. The molecule has 2 aliphatic heterocycles. The predicted molar refractivity (Wildman–Crippen MR) is 98.5 cm³/mol. The highest BCUT2D eigenvalue weighted by Gasteiger charge is 2.29. The van der Waals surface area contributed by atoms with Gasteiger partial charge in [-0.15, -0.1) is 0 Å². The number of amides is 3. The van der Waals surface area contributed by atoms with E-state index in [0.717, 1.165) is 0 Å². The average Bonchev–Trinajstić information content (AvgIpc) is 2.74. The number of morpholine rings is 1. The fourth-order valence-corrected chi connectivity index (χ4v) is 3.39. The number of likely N-dealkylation sites (tertiary alicyclic amines) is 1. The van der Waals surface area contributed by atoms with E-state index in [0.29, 0.717) is 63.5 Å². The molecule has 1 aromatic rings. The maximum atomic E-state index is 12.5. The Balaban J connectivity index is 1.46. The maximum absolute atomic E-state index is 12.5. The zero-order valence-corrected chi connectivity index (χ0v) is 15.6. The molecule has 2 saturated heterocycles. The molecular weight excluding hydrogens is 350 g/mol. The summed E-state index contributed by atoms with van der Waals surface area (Å²) in [5.41, 5.74) is 0.522. The fraction of sp³-hybridized carbons (Fsp3) is 0.579. The van der Waals surface area contributed by atoms with Gasteiger partial charge >= 0.3 is 6.03 Å². The second kappa shape index (κ2) is 9.05. The highest BCUT2D eigenvalue weighted by Crippen LogP contribution is 2.19. The number of hydrogen-bond acceptors (Lipinski definition) is 5. The lowest BCUT2D eigenvalue weighted by Gasteiger charge is -2.37. The molecule has 0 radical (unpaired) electrons. The average molecular weight is 377 g/mol. The van der Waals surface area contributed by atoms with Crippen molar-refractivity contribution in [1.29, 1.82) is 0 Å². The summed E-state index contributed by atoms with van der Waals surface area (Å²) in [6, 6.07) is 6.77. The van der Waals surface area contributed by atoms with Crippen LogP contribution in [0.5, 0.6) is 5.75 Å². The minimum Gasteiger partial charge on any atom is -0.497 e. The van der Waals surface area contributed by atoms with Gasteiger partial charge in [0.1, 0.15) is 5.75 Å². The zero-order chi connectivity index (χ0) is 19.2. The normalized spacial score (nSPS) is 19.5. The first-order valence-corrected chi connectivity index (χ1v) is 9.32. The van der Waals surface area contributed by atoms with Gasteiger partial charge < -0.3 is 29.7 Å². The molecule has 1 atom stereocenters. The van der Waals surface area contributed by atoms with Gasteiger partial charge in [-0.05, 0) is 30.5 Å². The van der Waals surface area contributed by atoms with Crippen LogP contribution in [0.4, 0.5) is 4.79 Å². The van der Waals surface area contributed by atoms with Crippen LogP contribution in [-0.2, 0) is 9.53 Å². The van der Waals surface area contributed by atoms with Crippen LogP contribution in [0.1, 0.15) is 24.5 Å². The second-order valence-electron chi connectivity index (χ2n) is 6.83. The van der Waals surface area contributed by atoms with Gasteiger partial charge in [-0.3, -0.25) is 4.79 Å². The van der Waals surface area contributed by atoms with E-state index < -0.39 is 12.0 Å². The molecule has 3 rings (SSSR count). The number of carbonyl (C=O) groups excluding carboxylic acids is 2. The van der Waals surface area contributed by atoms with Gasteiger partial charge in [0, 0.05) is 32.2 Å². The summed E-state index contributed by atoms with van der Waals surface area (Å²) >= 11 is 0. The van der Waals surface area contributed by atoms with Gasteiger partial charge in [0.05, 0.1) is 20.3 Å². The number of nitrogens with zero attached hydrogens (tertiary/aromatic N) is 2. The van der Waals surface area contributed by atoms with Crippen molar-refractivity contribution in [3.63, 3.8) is 0 Å². The zero-order valence-electron chi connectivity index (χ0n) is 15.6. The smallest absolute Gasteiger partial charge is 0.320 e. The Bertz CT molecular complexity index is 637. The van der Waals surface area contributed by atoms with Gasteiger partial charge in [-0.1, -0.05) is 12.1 Å². The van der Waals surface area contributed by atoms with Crippen molar-refractivity contribution in [2.24, 2.45) is 0 Å². The molecule has 2 fully saturated rings. The van der Waals surface area contributed by atoms with Crippen molar-refractivity contribution < 1.29 is 24.2 Å². The quantitative estimate of drug-likeness (QED) is 0.808. The number of rotatable bonds is 4. The van der Waals surface area contributed by atoms with Crippen LogP contribution in [-0.4, -0.2) is 79.4 Å². The number of methoxy groups -OCH3 is 1. The van der Waals surface area contributed by atoms with Crippen LogP contribution in [0, 0.1) is 0 Å². The summed E-state index contributed by atoms with van der Waals surface area (Å²) in [4.78, 5) is 28.5. The van der Waals surface area contributed by atoms with E-state index in [2.05, 4.69) is 5.32 Å². The number of aliphatic hydroxyl groups is 1. The first kappa shape index (κ1) is 19.4. The largest absolute Gasteiger partial charge is 0.497 e. The molecule has 8 nitrogen and oxygen atoms in total. The van der Waals surface area contributed by atoms with E-state index in [1.807, 2.05) is 9.80 Å². The van der Waals surface area contributed by atoms with Crippen LogP contribution in [0.25, 0.3) is 0 Å². The molecule has 148 valence electrons. The summed E-state index contributed by atoms with van der Waals surface area (Å²) in [5, 5.41) is 13.2. The lowest BCUT2D eigenvalue weighted by atomic mass is 10.0. The summed E-state index contributed by atoms with van der Waals surface area (Å²) in [5.74, 6) is 0.252. The standard InChI is InChI=1S/C19H27N3O5/c1-26-16-4-2-14(3-5-16)17(23)18(24)20-15-6-8-21(9-7-15)19(25)22-10-12-27-13-11-22/h2-5,15,17,23H,6-13H2,1H3,(H,20,24)/t17-/m0/s1. The molecule has 3 amide bonds. The lowest BCUT2D eigenvalue weighted by molar-refractivity contribution is -0.130. The van der Waals surface area contributed by atoms with E-state index >= 15 is 0 Å². The first-order valence-electron chi connectivity index (χ1n) is 9.32. The van der Waals surface area contributed by atoms with Crippen LogP contribution in [0.2, 0.25) is 0 Å². The Morgan fingerprint density at radius 1 is 1.11 bits per heavy atom. The number of urea groups is 1. The third-order valence-corrected chi connectivity index (χ3v) is 5.07. The van der Waals surface area contributed by atoms with E-state index in [4.69, 9.17) is 9.47 Å². The van der Waals surface area contributed by atoms with Gasteiger partial charge in [-0.25, -0.2) is 4.79 Å². The van der Waals surface area contributed by atoms with E-state index in [1.165, 1.54) is 0 Å². The first-order chi connectivity index (χ1) is 13.1. The topological polar surface area (TPSA) is 91.3 Å². The van der Waals surface area contributed by atoms with E-state index in [9.17, 15) is 14.7 Å². The Kier molecular flexibility index (Phi) is 6.52. The van der Waals surface area contributed by atoms with Crippen molar-refractivity contribution in [3.05, 3.63) is 29.8 Å². The molecule has 2 N–H and O–H groups in total. The Morgan fingerprint density at radius 2 is 1.70 bits per heavy atom. The highest BCUT2D eigenvalue weighted by molar-refractivity contribution is 5.82. The monoisotopic (exact) mass is 377 g/mol. The summed E-state index contributed by atoms with van der Waals surface area (Å²) in [7, 11) is 1.56. The van der Waals surface area contributed by atoms with Crippen molar-refractivity contribution >= 4 is 11.9 Å². The van der Waals surface area contributed by atoms with Crippen LogP contribution in [0.3, 0.4) is 0 Å². The number of ether oxygens (including phenoxy) is 2. The van der Waals surface area contributed by atoms with Crippen molar-refractivity contribution in [2.45, 2.75) is 25.0 Å². The molecule has 0 bridgehead atoms. The molecule has 0 saturated carbocycles. The van der Waals surface area contributed by atoms with Crippen LogP contribution < -0.4 is 10.1 Å². The van der Waals surface area contributed by atoms with Gasteiger partial charge in [-0.2, -0.15) is 0 Å². The molecule has 2 aliphatic rings. The molecule has 0 aliphatic carbocycles. The predicted octanol–water partition coefficient (Wildman–Crippen LogP) is 0.761. The number of nitrogens with one attached hydrogen (secondary N) is 1. The van der Waals surface area contributed by atoms with Gasteiger partial charge in [0.15, 0.2) is 6.10 Å². The summed E-state index contributed by atoms with van der Waals surface area (Å²) < 4.78 is 10.4. The SMILES string of the molecule is COc1ccc([C@H](O)C(=O)NC2CCN(C(=O)N3CCOCC3)CC2)cc1. The summed E-state index contributed by atoms with van der Waals surface area (Å²) in [6.07, 6.45) is 0.137. The van der Waals surface area contributed by atoms with E-state index in [-0.39, 0.29) is 12.1 Å². The molecule has 2 heterocycles. The molecule has 0 aromatic heterocycles. The lowest BCUT2D eigenvalue weighted by Crippen LogP contribution is -2.53. The Labute approximate surface area is 159 Å². The highest BCUT2D eigenvalue weighted by atomic mass is 16.5. The van der Waals surface area contributed by atoms with Crippen LogP contribution >= 0.6 is 0 Å². The maximum Gasteiger partial charge on any atom is 0.320 e. The minimum atomic E-state index is -1.22. The molecule has 1 aromatic carbocycles. The number of aliphatic hydroxyl groups excluding tert-OH is 1. The van der Waals surface area contributed by atoms with Gasteiger partial charge in [0.2, 0.25) is 0 Å². The number of carbonyl (C=O) groups is 2. The van der Waals surface area contributed by atoms with Crippen molar-refractivity contribution in [1.82, 2.24) is 15.1 Å². The molecule has 0 unspecified atom stereocenters. The number of benzene rings is 1.